The molecule has 1 radical (unpaired) electrons. The fourth-order valence-electron chi connectivity index (χ4n) is 0.0472. The van der Waals surface area contributed by atoms with Crippen LogP contribution in [0.4, 0.5) is 13.2 Å². The number of halogens is 5. The lowest BCUT2D eigenvalue weighted by Crippen LogP contribution is -2.35. The third-order valence-corrected chi connectivity index (χ3v) is 0.989. The topological polar surface area (TPSA) is 29.1 Å². The molecule has 0 aliphatic heterocycles. The first-order valence-corrected chi connectivity index (χ1v) is 2.32. The molecule has 0 unspecified atom stereocenters. The van der Waals surface area contributed by atoms with E-state index in [1.165, 1.54) is 0 Å². The van der Waals surface area contributed by atoms with E-state index in [0.717, 1.165) is 0 Å². The van der Waals surface area contributed by atoms with Gasteiger partial charge in [0.1, 0.15) is 0 Å². The van der Waals surface area contributed by atoms with Crippen LogP contribution in [0.3, 0.4) is 0 Å². The molecule has 0 aromatic heterocycles. The number of rotatable bonds is 1. The van der Waals surface area contributed by atoms with Gasteiger partial charge in [-0.2, -0.15) is 18.1 Å². The van der Waals surface area contributed by atoms with Crippen molar-refractivity contribution in [3.05, 3.63) is 0 Å². The fourth-order valence-corrected chi connectivity index (χ4v) is 0.0472. The van der Waals surface area contributed by atoms with Gasteiger partial charge in [-0.25, -0.2) is 0 Å². The molecule has 7 heteroatoms. The second-order valence-corrected chi connectivity index (χ2v) is 2.36. The predicted molar refractivity (Wildman–Crippen MR) is 22.3 cm³/mol. The molecule has 0 atom stereocenters. The Morgan fingerprint density at radius 3 is 1.56 bits per heavy atom. The van der Waals surface area contributed by atoms with E-state index < -0.39 is 10.7 Å². The number of hydrogen-bond acceptors (Lipinski definition) is 1. The van der Waals surface area contributed by atoms with Crippen molar-refractivity contribution in [3.8, 4) is 0 Å². The molecule has 0 aliphatic rings. The Bertz CT molecular complexity index is 100. The Morgan fingerprint density at radius 1 is 1.22 bits per heavy atom. The maximum atomic E-state index is 11.2. The Labute approximate surface area is 58.0 Å². The average Bonchev–Trinajstić information content (AvgIpc) is 1.64. The first kappa shape index (κ1) is 9.29. The summed E-state index contributed by atoms with van der Waals surface area (Å²) < 4.78 is 30.1. The summed E-state index contributed by atoms with van der Waals surface area (Å²) in [7, 11) is 0. The summed E-state index contributed by atoms with van der Waals surface area (Å²) in [5, 5.41) is 9.11. The maximum absolute atomic E-state index is 11.2. The minimum atomic E-state index is -5.06. The number of hydrogen-bond donors (Lipinski definition) is 0. The quantitative estimate of drug-likeness (QED) is 0.348. The van der Waals surface area contributed by atoms with Gasteiger partial charge >= 0.3 is 10.7 Å². The van der Waals surface area contributed by atoms with Crippen molar-refractivity contribution in [2.75, 3.05) is 0 Å². The van der Waals surface area contributed by atoms with Crippen LogP contribution in [-0.2, 0) is 10.1 Å². The third-order valence-electron chi connectivity index (χ3n) is 0.435. The van der Waals surface area contributed by atoms with E-state index in [2.05, 4.69) is 28.1 Å². The predicted octanol–water partition coefficient (Wildman–Crippen LogP) is 2.04. The highest BCUT2D eigenvalue weighted by molar-refractivity contribution is 6.47. The van der Waals surface area contributed by atoms with Gasteiger partial charge in [0.05, 0.1) is 0 Å². The third kappa shape index (κ3) is 2.17. The molecule has 0 amide bonds. The Kier molecular flexibility index (Phi) is 2.57. The lowest BCUT2D eigenvalue weighted by Gasteiger charge is -2.16. The van der Waals surface area contributed by atoms with Gasteiger partial charge in [0.25, 0.3) is 0 Å². The van der Waals surface area contributed by atoms with Crippen LogP contribution in [0.2, 0.25) is 0 Å². The average molecular weight is 184 g/mol. The molecular weight excluding hydrogens is 184 g/mol. The molecule has 0 spiro atoms. The molecule has 0 bridgehead atoms. The van der Waals surface area contributed by atoms with Gasteiger partial charge in [-0.15, -0.1) is 0 Å². The molecule has 0 rings (SSSR count). The highest BCUT2D eigenvalue weighted by atomic mass is 35.5. The molecule has 0 saturated heterocycles. The van der Waals surface area contributed by atoms with Crippen LogP contribution < -0.4 is 0 Å². The zero-order chi connectivity index (χ0) is 7.71. The van der Waals surface area contributed by atoms with Crippen molar-refractivity contribution in [2.24, 2.45) is 0 Å². The molecule has 0 aromatic carbocycles. The minimum absolute atomic E-state index is 2.46. The second kappa shape index (κ2) is 2.49. The summed E-state index contributed by atoms with van der Waals surface area (Å²) in [6, 6.07) is 0. The van der Waals surface area contributed by atoms with Crippen molar-refractivity contribution in [3.63, 3.8) is 0 Å². The molecule has 9 heavy (non-hydrogen) atoms. The van der Waals surface area contributed by atoms with E-state index in [1.54, 1.807) is 0 Å². The second-order valence-electron chi connectivity index (χ2n) is 1.10. The SMILES string of the molecule is [O]OC(Cl)(Cl)C(F)(F)F. The van der Waals surface area contributed by atoms with Crippen LogP contribution in [0.25, 0.3) is 0 Å². The Balaban J connectivity index is 4.14. The van der Waals surface area contributed by atoms with E-state index in [4.69, 9.17) is 5.26 Å². The van der Waals surface area contributed by atoms with Crippen LogP contribution >= 0.6 is 23.2 Å². The first-order chi connectivity index (χ1) is 3.81. The summed E-state index contributed by atoms with van der Waals surface area (Å²) in [5.41, 5.74) is 0. The summed E-state index contributed by atoms with van der Waals surface area (Å²) in [4.78, 5) is 2.46. The van der Waals surface area contributed by atoms with Crippen LogP contribution in [0.15, 0.2) is 0 Å². The Hall–Kier alpha value is 0.290. The smallest absolute Gasteiger partial charge is 0.165 e. The molecule has 55 valence electrons. The molecule has 2 nitrogen and oxygen atoms in total. The van der Waals surface area contributed by atoms with Crippen LogP contribution in [0, 0.1) is 0 Å². The van der Waals surface area contributed by atoms with E-state index in [0.29, 0.717) is 0 Å². The minimum Gasteiger partial charge on any atom is -0.165 e. The van der Waals surface area contributed by atoms with E-state index in [-0.39, 0.29) is 0 Å². The van der Waals surface area contributed by atoms with Crippen molar-refractivity contribution < 1.29 is 23.3 Å². The lowest BCUT2D eigenvalue weighted by atomic mass is 10.7. The highest BCUT2D eigenvalue weighted by Gasteiger charge is 2.55. The van der Waals surface area contributed by atoms with E-state index in [9.17, 15) is 13.2 Å². The zero-order valence-corrected chi connectivity index (χ0v) is 5.22. The molecular formula is C2Cl2F3O2. The fraction of sp³-hybridized carbons (Fsp3) is 1.00. The molecule has 0 aromatic rings. The summed E-state index contributed by atoms with van der Waals surface area (Å²) in [6.07, 6.45) is -5.06. The van der Waals surface area contributed by atoms with Gasteiger partial charge in [0.15, 0.2) is 0 Å². The first-order valence-electron chi connectivity index (χ1n) is 1.57. The van der Waals surface area contributed by atoms with Crippen LogP contribution in [0.1, 0.15) is 0 Å². The number of alkyl halides is 5. The van der Waals surface area contributed by atoms with Gasteiger partial charge in [-0.05, 0) is 5.26 Å². The van der Waals surface area contributed by atoms with E-state index >= 15 is 0 Å². The zero-order valence-electron chi connectivity index (χ0n) is 3.71. The molecule has 0 heterocycles. The summed E-state index contributed by atoms with van der Waals surface area (Å²) in [6.45, 7) is 0. The van der Waals surface area contributed by atoms with Gasteiger partial charge in [-0.1, -0.05) is 23.2 Å². The van der Waals surface area contributed by atoms with E-state index in [1.807, 2.05) is 0 Å². The lowest BCUT2D eigenvalue weighted by molar-refractivity contribution is -0.381. The summed E-state index contributed by atoms with van der Waals surface area (Å²) in [5.74, 6) is 0. The standard InChI is InChI=1S/C2Cl2F3O2/c3-1(4,9-8)2(5,6)7. The Morgan fingerprint density at radius 2 is 1.56 bits per heavy atom. The van der Waals surface area contributed by atoms with Crippen LogP contribution in [-0.4, -0.2) is 10.7 Å². The van der Waals surface area contributed by atoms with Gasteiger partial charge < -0.3 is 0 Å². The van der Waals surface area contributed by atoms with Crippen molar-refractivity contribution >= 4 is 23.2 Å². The summed E-state index contributed by atoms with van der Waals surface area (Å²) >= 11 is 8.60. The van der Waals surface area contributed by atoms with Gasteiger partial charge in [-0.3, -0.25) is 0 Å². The normalized spacial score (nSPS) is 14.0. The highest BCUT2D eigenvalue weighted by Crippen LogP contribution is 2.39. The van der Waals surface area contributed by atoms with Crippen LogP contribution in [0.5, 0.6) is 0 Å². The van der Waals surface area contributed by atoms with Gasteiger partial charge in [0.2, 0.25) is 0 Å². The molecule has 0 aliphatic carbocycles. The van der Waals surface area contributed by atoms with Crippen molar-refractivity contribution in [2.45, 2.75) is 10.7 Å². The van der Waals surface area contributed by atoms with Crippen molar-refractivity contribution in [1.29, 1.82) is 0 Å². The monoisotopic (exact) mass is 183 g/mol. The molecule has 0 fully saturated rings. The van der Waals surface area contributed by atoms with Crippen molar-refractivity contribution in [1.82, 2.24) is 0 Å². The molecule has 0 N–H and O–H groups in total. The maximum Gasteiger partial charge on any atom is 0.450 e. The molecule has 0 saturated carbocycles. The van der Waals surface area contributed by atoms with Gasteiger partial charge in [0, 0.05) is 0 Å². The largest absolute Gasteiger partial charge is 0.450 e.